The molecule has 92 heavy (non-hydrogen) atoms. The van der Waals surface area contributed by atoms with E-state index in [4.69, 9.17) is 33.2 Å². The minimum atomic E-state index is -2.70. The first-order valence-corrected chi connectivity index (χ1v) is 31.1. The SMILES string of the molecule is C[C@@H]1[C@H](O)[C@@H](C)C=CC=CC=CC=CC=CC=CC=C[C@H](OC2O[C@H](C)[C@@H](O)[C@H](NC[C@@]3(O)OC[C@@H](O)[C@@H](OC4O[C@H](CO)[C@@H](O)[C@H](O)[C@H]4O)[C@@H]3O)[C@@H]2O)CC2O[C@](O)(C[C@@H](O)C[C@@H](O)[C@H](O)CC[C@@H](O)C[C@@H](O)CC(=O)O[C@H]1C)C[C@H](O)C2C(=O)NCC(O)CO. The average Bonchev–Trinajstić information content (AvgIpc) is 0.790. The van der Waals surface area contributed by atoms with E-state index in [1.165, 1.54) is 19.1 Å². The number of carbonyl (C=O) groups excluding carboxylic acids is 2. The lowest BCUT2D eigenvalue weighted by Crippen LogP contribution is -2.70. The second kappa shape index (κ2) is 37.6. The number of carbonyl (C=O) groups is 2. The third-order valence-electron chi connectivity index (χ3n) is 17.1. The Balaban J connectivity index is 1.42. The Kier molecular flexibility index (Phi) is 32.2. The van der Waals surface area contributed by atoms with Gasteiger partial charge in [-0.2, -0.15) is 0 Å². The molecule has 0 aliphatic carbocycles. The summed E-state index contributed by atoms with van der Waals surface area (Å²) < 4.78 is 40.4. The van der Waals surface area contributed by atoms with Gasteiger partial charge in [0.15, 0.2) is 18.4 Å². The van der Waals surface area contributed by atoms with Crippen LogP contribution in [-0.4, -0.2) is 300 Å². The molecule has 5 unspecified atom stereocenters. The Bertz CT molecular complexity index is 2430. The second-order valence-electron chi connectivity index (χ2n) is 24.6. The predicted octanol–water partition coefficient (Wildman–Crippen LogP) is -5.65. The summed E-state index contributed by atoms with van der Waals surface area (Å²) in [6, 6.07) is -1.51. The minimum absolute atomic E-state index is 0.179. The molecule has 5 rings (SSSR count). The van der Waals surface area contributed by atoms with E-state index in [2.05, 4.69) is 10.6 Å². The molecular weight excluding hydrogens is 1220 g/mol. The van der Waals surface area contributed by atoms with Gasteiger partial charge in [0.25, 0.3) is 0 Å². The number of fused-ring (bicyclic) bond motifs is 2. The maximum Gasteiger partial charge on any atom is 0.308 e. The number of rotatable bonds is 12. The highest BCUT2D eigenvalue weighted by Crippen LogP contribution is 2.39. The first-order chi connectivity index (χ1) is 43.4. The van der Waals surface area contributed by atoms with Crippen LogP contribution in [0.2, 0.25) is 0 Å². The summed E-state index contributed by atoms with van der Waals surface area (Å²) >= 11 is 0. The van der Waals surface area contributed by atoms with Crippen molar-refractivity contribution in [2.75, 3.05) is 32.9 Å². The van der Waals surface area contributed by atoms with E-state index >= 15 is 0 Å². The molecule has 0 radical (unpaired) electrons. The van der Waals surface area contributed by atoms with Gasteiger partial charge in [-0.05, 0) is 33.1 Å². The van der Waals surface area contributed by atoms with Gasteiger partial charge in [0, 0.05) is 44.1 Å². The summed E-state index contributed by atoms with van der Waals surface area (Å²) in [6.45, 7) is 2.91. The van der Waals surface area contributed by atoms with E-state index < -0.39 is 247 Å². The molecule has 5 aliphatic rings. The lowest BCUT2D eigenvalue weighted by molar-refractivity contribution is -0.368. The molecule has 21 N–H and O–H groups in total. The van der Waals surface area contributed by atoms with E-state index in [0.717, 1.165) is 0 Å². The monoisotopic (exact) mass is 1320 g/mol. The van der Waals surface area contributed by atoms with Gasteiger partial charge in [-0.3, -0.25) is 9.59 Å². The Morgan fingerprint density at radius 3 is 1.86 bits per heavy atom. The van der Waals surface area contributed by atoms with Gasteiger partial charge in [0.1, 0.15) is 54.9 Å². The molecular formula is C62H100N2O28. The van der Waals surface area contributed by atoms with Crippen LogP contribution in [0, 0.1) is 17.8 Å². The quantitative estimate of drug-likeness (QED) is 0.0810. The van der Waals surface area contributed by atoms with Crippen LogP contribution >= 0.6 is 0 Å². The number of nitrogens with one attached hydrogen (secondary N) is 2. The Morgan fingerprint density at radius 2 is 1.24 bits per heavy atom. The number of ether oxygens (including phenoxy) is 7. The maximum atomic E-state index is 14.0. The summed E-state index contributed by atoms with van der Waals surface area (Å²) in [5.41, 5.74) is 0. The van der Waals surface area contributed by atoms with Crippen LogP contribution in [0.3, 0.4) is 0 Å². The number of hydrogen-bond acceptors (Lipinski definition) is 29. The Hall–Kier alpha value is -3.92. The molecule has 4 saturated heterocycles. The summed E-state index contributed by atoms with van der Waals surface area (Å²) in [5, 5.41) is 212. The highest BCUT2D eigenvalue weighted by molar-refractivity contribution is 5.80. The minimum Gasteiger partial charge on any atom is -0.462 e. The number of aliphatic hydroxyl groups excluding tert-OH is 17. The Morgan fingerprint density at radius 1 is 0.630 bits per heavy atom. The van der Waals surface area contributed by atoms with Crippen molar-refractivity contribution in [3.8, 4) is 0 Å². The van der Waals surface area contributed by atoms with Crippen LogP contribution in [0.5, 0.6) is 0 Å². The standard InChI is InChI=1S/C62H100N2O28/c1-32-17-15-13-11-9-7-5-6-8-10-12-14-16-18-40(89-59-53(79)49(51(77)35(4)88-59)64-31-62(85)57(82)56(44(74)30-86-62)91-60-55(81)54(80)52(78)46(29-66)90-60)24-45-48(58(83)63-27-39(70)28-65)43(73)26-61(84,92-45)25-38(69)22-42(72)41(71)20-19-36(67)21-37(68)23-47(75)87-34(3)33(2)50(32)76/h5-18,32-46,48-57,59-60,64-74,76-82,84-85H,19-31H2,1-4H3,(H,63,83)/t32-,33-,34-,35+,36+,37+,38-,39?,40-,41+,42+,43-,44+,45?,46+,48?,49-,50+,51+,52+,53-,54-,55+,56+,57-,59?,60?,61+,62+/m0/s1. The van der Waals surface area contributed by atoms with Crippen LogP contribution < -0.4 is 10.6 Å². The van der Waals surface area contributed by atoms with E-state index in [9.17, 15) is 107 Å². The van der Waals surface area contributed by atoms with Gasteiger partial charge in [-0.25, -0.2) is 0 Å². The molecule has 0 spiro atoms. The van der Waals surface area contributed by atoms with Crippen molar-refractivity contribution in [2.45, 2.75) is 237 Å². The summed E-state index contributed by atoms with van der Waals surface area (Å²) in [7, 11) is 0. The fourth-order valence-corrected chi connectivity index (χ4v) is 11.4. The molecule has 1 amide bonds. The molecule has 29 atom stereocenters. The average molecular weight is 1320 g/mol. The van der Waals surface area contributed by atoms with Gasteiger partial charge in [-0.1, -0.05) is 98.9 Å². The first-order valence-electron chi connectivity index (χ1n) is 31.1. The second-order valence-corrected chi connectivity index (χ2v) is 24.6. The lowest BCUT2D eigenvalue weighted by Gasteiger charge is -2.48. The molecule has 0 aromatic carbocycles. The van der Waals surface area contributed by atoms with Crippen molar-refractivity contribution in [3.05, 3.63) is 85.1 Å². The number of esters is 1. The molecule has 5 aliphatic heterocycles. The van der Waals surface area contributed by atoms with Crippen molar-refractivity contribution in [1.82, 2.24) is 10.6 Å². The fourth-order valence-electron chi connectivity index (χ4n) is 11.4. The van der Waals surface area contributed by atoms with Crippen LogP contribution in [0.15, 0.2) is 85.1 Å². The fraction of sp³-hybridized carbons (Fsp3) is 0.742. The molecule has 4 fully saturated rings. The van der Waals surface area contributed by atoms with E-state index in [1.54, 1.807) is 93.7 Å². The highest BCUT2D eigenvalue weighted by atomic mass is 16.7. The number of amides is 1. The zero-order valence-corrected chi connectivity index (χ0v) is 52.0. The van der Waals surface area contributed by atoms with E-state index in [1.807, 2.05) is 0 Å². The number of hydrogen-bond donors (Lipinski definition) is 21. The number of aliphatic hydroxyl groups is 19. The highest BCUT2D eigenvalue weighted by Gasteiger charge is 2.55. The zero-order chi connectivity index (χ0) is 68.2. The molecule has 0 aromatic rings. The Labute approximate surface area is 533 Å². The van der Waals surface area contributed by atoms with Crippen molar-refractivity contribution in [2.24, 2.45) is 17.8 Å². The predicted molar refractivity (Wildman–Crippen MR) is 321 cm³/mol. The van der Waals surface area contributed by atoms with Gasteiger partial charge in [-0.15, -0.1) is 0 Å². The summed E-state index contributed by atoms with van der Waals surface area (Å²) in [5.74, 6) is -9.33. The smallest absolute Gasteiger partial charge is 0.308 e. The molecule has 0 saturated carbocycles. The third-order valence-corrected chi connectivity index (χ3v) is 17.1. The number of cyclic esters (lactones) is 1. The van der Waals surface area contributed by atoms with Crippen molar-refractivity contribution < 1.29 is 140 Å². The van der Waals surface area contributed by atoms with Crippen molar-refractivity contribution in [3.63, 3.8) is 0 Å². The van der Waals surface area contributed by atoms with Gasteiger partial charge >= 0.3 is 5.97 Å². The molecule has 5 heterocycles. The van der Waals surface area contributed by atoms with Crippen LogP contribution in [0.25, 0.3) is 0 Å². The summed E-state index contributed by atoms with van der Waals surface area (Å²) in [6.07, 6.45) is -16.7. The summed E-state index contributed by atoms with van der Waals surface area (Å²) in [4.78, 5) is 26.7. The molecule has 0 aromatic heterocycles. The molecule has 30 heteroatoms. The van der Waals surface area contributed by atoms with Crippen molar-refractivity contribution in [1.29, 1.82) is 0 Å². The molecule has 2 bridgehead atoms. The third kappa shape index (κ3) is 23.1. The maximum absolute atomic E-state index is 14.0. The first kappa shape index (κ1) is 78.8. The zero-order valence-electron chi connectivity index (χ0n) is 52.0. The van der Waals surface area contributed by atoms with Gasteiger partial charge < -0.3 is 141 Å². The molecule has 526 valence electrons. The van der Waals surface area contributed by atoms with Crippen LogP contribution in [0.1, 0.15) is 79.1 Å². The van der Waals surface area contributed by atoms with Crippen LogP contribution in [-0.2, 0) is 42.7 Å². The van der Waals surface area contributed by atoms with Gasteiger partial charge in [0.05, 0.1) is 118 Å². The van der Waals surface area contributed by atoms with Crippen molar-refractivity contribution >= 4 is 11.9 Å². The normalized spacial score (nSPS) is 43.7. The van der Waals surface area contributed by atoms with Gasteiger partial charge in [0.2, 0.25) is 11.7 Å². The van der Waals surface area contributed by atoms with E-state index in [-0.39, 0.29) is 25.2 Å². The molecule has 30 nitrogen and oxygen atoms in total. The van der Waals surface area contributed by atoms with E-state index in [0.29, 0.717) is 0 Å². The number of allylic oxidation sites excluding steroid dienone is 12. The lowest BCUT2D eigenvalue weighted by atomic mass is 9.82. The largest absolute Gasteiger partial charge is 0.462 e. The van der Waals surface area contributed by atoms with Crippen LogP contribution in [0.4, 0.5) is 0 Å². The topological polar surface area (TPSA) is 507 Å².